The van der Waals surface area contributed by atoms with E-state index in [4.69, 9.17) is 9.47 Å². The number of likely N-dealkylation sites (N-methyl/N-ethyl adjacent to an activating group) is 1. The monoisotopic (exact) mass is 449 g/mol. The van der Waals surface area contributed by atoms with Gasteiger partial charge in [0.2, 0.25) is 5.91 Å². The smallest absolute Gasteiger partial charge is 0.455 e. The van der Waals surface area contributed by atoms with E-state index in [0.717, 1.165) is 17.6 Å². The largest absolute Gasteiger partial charge is 0.507 e. The van der Waals surface area contributed by atoms with Crippen molar-refractivity contribution in [2.75, 3.05) is 46.9 Å². The number of carbonyl (C=O) groups excluding carboxylic acids is 1. The van der Waals surface area contributed by atoms with Crippen molar-refractivity contribution in [2.45, 2.75) is 36.8 Å². The Balaban J connectivity index is 1.35. The molecular weight excluding hydrogens is 419 g/mol. The number of carboxylic acids is 1. The summed E-state index contributed by atoms with van der Waals surface area (Å²) in [4.78, 5) is 26.0. The first-order chi connectivity index (χ1) is 15.1. The van der Waals surface area contributed by atoms with E-state index in [1.165, 1.54) is 6.07 Å². The van der Waals surface area contributed by atoms with E-state index in [1.807, 2.05) is 0 Å². The number of likely N-dealkylation sites (tertiary alicyclic amines) is 1. The lowest BCUT2D eigenvalue weighted by atomic mass is 9.81. The molecule has 2 saturated heterocycles. The van der Waals surface area contributed by atoms with Crippen molar-refractivity contribution in [3.8, 4) is 11.5 Å². The number of nitrogens with zero attached hydrogens (tertiary/aromatic N) is 2. The minimum atomic E-state index is -1.51. The SMILES string of the molecule is C[N+]1(C)CCO[C@H](CC(=O)N2CC(Oc3ccc(C4C[C@H]4B(O)O)c(O)c3C(=O)O)C2)C1. The molecule has 10 nitrogen and oxygen atoms in total. The first-order valence-electron chi connectivity index (χ1n) is 10.9. The Bertz CT molecular complexity index is 902. The number of hydrogen-bond acceptors (Lipinski definition) is 7. The van der Waals surface area contributed by atoms with Gasteiger partial charge in [-0.3, -0.25) is 4.79 Å². The highest BCUT2D eigenvalue weighted by atomic mass is 16.5. The van der Waals surface area contributed by atoms with Crippen molar-refractivity contribution in [2.24, 2.45) is 0 Å². The molecule has 32 heavy (non-hydrogen) atoms. The summed E-state index contributed by atoms with van der Waals surface area (Å²) in [5, 5.41) is 38.7. The quantitative estimate of drug-likeness (QED) is 0.334. The summed E-state index contributed by atoms with van der Waals surface area (Å²) in [7, 11) is 2.72. The molecule has 174 valence electrons. The molecule has 0 radical (unpaired) electrons. The number of carboxylic acid groups (broad SMARTS) is 1. The maximum atomic E-state index is 12.6. The summed E-state index contributed by atoms with van der Waals surface area (Å²) in [5.74, 6) is -2.44. The first-order valence-corrected chi connectivity index (χ1v) is 10.9. The van der Waals surface area contributed by atoms with Crippen molar-refractivity contribution in [1.82, 2.24) is 4.90 Å². The third-order valence-electron chi connectivity index (χ3n) is 6.65. The minimum absolute atomic E-state index is 0.0178. The van der Waals surface area contributed by atoms with E-state index >= 15 is 0 Å². The highest BCUT2D eigenvalue weighted by Gasteiger charge is 2.48. The lowest BCUT2D eigenvalue weighted by Gasteiger charge is -2.41. The molecule has 1 unspecified atom stereocenters. The van der Waals surface area contributed by atoms with Crippen molar-refractivity contribution in [3.63, 3.8) is 0 Å². The number of ether oxygens (including phenoxy) is 2. The Hall–Kier alpha value is -2.34. The number of hydrogen-bond donors (Lipinski definition) is 4. The summed E-state index contributed by atoms with van der Waals surface area (Å²) in [6, 6.07) is 3.05. The molecule has 11 heteroatoms. The second kappa shape index (κ2) is 8.55. The van der Waals surface area contributed by atoms with Crippen LogP contribution in [0.15, 0.2) is 12.1 Å². The lowest BCUT2D eigenvalue weighted by molar-refractivity contribution is -0.901. The molecule has 1 aromatic rings. The van der Waals surface area contributed by atoms with Crippen molar-refractivity contribution in [1.29, 1.82) is 0 Å². The van der Waals surface area contributed by atoms with Crippen LogP contribution in [0.2, 0.25) is 5.82 Å². The van der Waals surface area contributed by atoms with Gasteiger partial charge < -0.3 is 39.1 Å². The molecule has 1 saturated carbocycles. The van der Waals surface area contributed by atoms with Gasteiger partial charge in [-0.05, 0) is 24.0 Å². The molecule has 2 aliphatic heterocycles. The van der Waals surface area contributed by atoms with Gasteiger partial charge in [0.05, 0.1) is 40.2 Å². The van der Waals surface area contributed by atoms with Crippen LogP contribution in [0.4, 0.5) is 0 Å². The maximum absolute atomic E-state index is 12.6. The first kappa shape index (κ1) is 22.8. The predicted molar refractivity (Wildman–Crippen MR) is 114 cm³/mol. The van der Waals surface area contributed by atoms with Gasteiger partial charge in [-0.1, -0.05) is 6.07 Å². The highest BCUT2D eigenvalue weighted by Crippen LogP contribution is 2.56. The van der Waals surface area contributed by atoms with E-state index in [0.29, 0.717) is 38.1 Å². The number of benzene rings is 1. The van der Waals surface area contributed by atoms with Gasteiger partial charge in [-0.15, -0.1) is 0 Å². The second-order valence-electron chi connectivity index (χ2n) is 9.68. The molecule has 4 N–H and O–H groups in total. The zero-order chi connectivity index (χ0) is 23.2. The van der Waals surface area contributed by atoms with Crippen LogP contribution in [0.5, 0.6) is 11.5 Å². The number of amides is 1. The van der Waals surface area contributed by atoms with Gasteiger partial charge in [-0.2, -0.15) is 0 Å². The summed E-state index contributed by atoms with van der Waals surface area (Å²) in [5.41, 5.74) is 0.0213. The molecular formula is C21H30BN2O8+. The molecule has 0 bridgehead atoms. The van der Waals surface area contributed by atoms with E-state index in [-0.39, 0.29) is 35.3 Å². The van der Waals surface area contributed by atoms with Crippen LogP contribution in [0.25, 0.3) is 0 Å². The van der Waals surface area contributed by atoms with Gasteiger partial charge >= 0.3 is 13.1 Å². The molecule has 0 spiro atoms. The van der Waals surface area contributed by atoms with E-state index in [9.17, 15) is 29.9 Å². The van der Waals surface area contributed by atoms with Crippen LogP contribution in [0.3, 0.4) is 0 Å². The fraction of sp³-hybridized carbons (Fsp3) is 0.619. The van der Waals surface area contributed by atoms with Crippen LogP contribution < -0.4 is 4.74 Å². The second-order valence-corrected chi connectivity index (χ2v) is 9.68. The van der Waals surface area contributed by atoms with Gasteiger partial charge in [0, 0.05) is 5.82 Å². The Kier molecular flexibility index (Phi) is 6.10. The van der Waals surface area contributed by atoms with Crippen molar-refractivity contribution in [3.05, 3.63) is 23.3 Å². The number of carbonyl (C=O) groups is 2. The number of phenols is 1. The van der Waals surface area contributed by atoms with E-state index in [1.54, 1.807) is 11.0 Å². The summed E-state index contributed by atoms with van der Waals surface area (Å²) in [6.07, 6.45) is 0.293. The summed E-state index contributed by atoms with van der Waals surface area (Å²) in [6.45, 7) is 3.01. The Morgan fingerprint density at radius 1 is 1.28 bits per heavy atom. The zero-order valence-electron chi connectivity index (χ0n) is 18.3. The van der Waals surface area contributed by atoms with Crippen LogP contribution in [-0.4, -0.2) is 108 Å². The average Bonchev–Trinajstić information content (AvgIpc) is 3.43. The molecule has 3 atom stereocenters. The summed E-state index contributed by atoms with van der Waals surface area (Å²) < 4.78 is 12.3. The third-order valence-corrected chi connectivity index (χ3v) is 6.65. The lowest BCUT2D eigenvalue weighted by Crippen LogP contribution is -2.58. The van der Waals surface area contributed by atoms with Crippen molar-refractivity contribution < 1.29 is 43.8 Å². The number of aromatic carboxylic acids is 1. The topological polar surface area (TPSA) is 137 Å². The molecule has 2 heterocycles. The molecule has 3 aliphatic rings. The van der Waals surface area contributed by atoms with Gasteiger partial charge in [-0.25, -0.2) is 4.79 Å². The number of rotatable bonds is 7. The van der Waals surface area contributed by atoms with E-state index < -0.39 is 24.7 Å². The standard InChI is InChI=1S/C21H29BN2O8/c1-24(2)5-6-31-12(11-24)7-18(25)23-9-13(10-23)32-17-4-3-14(15-8-16(15)22(29)30)20(26)19(17)21(27)28/h3-4,12-13,15-16,29-30H,5-11H2,1-2H3,(H-,26,27,28)/p+1/t12-,15?,16-/m1/s1. The molecule has 1 aliphatic carbocycles. The van der Waals surface area contributed by atoms with Crippen molar-refractivity contribution >= 4 is 19.0 Å². The fourth-order valence-corrected chi connectivity index (χ4v) is 4.60. The number of quaternary nitrogens is 1. The fourth-order valence-electron chi connectivity index (χ4n) is 4.60. The minimum Gasteiger partial charge on any atom is -0.507 e. The molecule has 0 aromatic heterocycles. The predicted octanol–water partition coefficient (Wildman–Crippen LogP) is -0.124. The van der Waals surface area contributed by atoms with Gasteiger partial charge in [0.1, 0.15) is 42.4 Å². The maximum Gasteiger partial charge on any atom is 0.455 e. The van der Waals surface area contributed by atoms with Gasteiger partial charge in [0.25, 0.3) is 0 Å². The Labute approximate surface area is 186 Å². The van der Waals surface area contributed by atoms with Crippen LogP contribution in [0, 0.1) is 0 Å². The number of morpholine rings is 1. The molecule has 3 fully saturated rings. The van der Waals surface area contributed by atoms with Crippen LogP contribution >= 0.6 is 0 Å². The molecule has 1 amide bonds. The van der Waals surface area contributed by atoms with E-state index in [2.05, 4.69) is 14.1 Å². The highest BCUT2D eigenvalue weighted by molar-refractivity contribution is 6.44. The normalized spacial score (nSPS) is 26.9. The third kappa shape index (κ3) is 4.70. The Morgan fingerprint density at radius 2 is 2.00 bits per heavy atom. The number of aromatic hydroxyl groups is 1. The Morgan fingerprint density at radius 3 is 2.59 bits per heavy atom. The summed E-state index contributed by atoms with van der Waals surface area (Å²) >= 11 is 0. The van der Waals surface area contributed by atoms with Crippen LogP contribution in [-0.2, 0) is 9.53 Å². The molecule has 1 aromatic carbocycles. The van der Waals surface area contributed by atoms with Gasteiger partial charge in [0.15, 0.2) is 0 Å². The average molecular weight is 449 g/mol. The van der Waals surface area contributed by atoms with Crippen LogP contribution in [0.1, 0.15) is 34.7 Å². The molecule has 4 rings (SSSR count). The zero-order valence-corrected chi connectivity index (χ0v) is 18.3.